The number of anilines is 4. The van der Waals surface area contributed by atoms with Crippen molar-refractivity contribution in [3.8, 4) is 0 Å². The number of nitro groups is 1. The van der Waals surface area contributed by atoms with Gasteiger partial charge in [0.2, 0.25) is 15.9 Å². The molecule has 3 aromatic rings. The maximum atomic E-state index is 12.3. The summed E-state index contributed by atoms with van der Waals surface area (Å²) in [6.07, 6.45) is 1.04. The molecule has 0 saturated carbocycles. The van der Waals surface area contributed by atoms with Crippen LogP contribution in [-0.4, -0.2) is 32.3 Å². The van der Waals surface area contributed by atoms with E-state index in [4.69, 9.17) is 5.14 Å². The van der Waals surface area contributed by atoms with Crippen LogP contribution in [0, 0.1) is 10.1 Å². The largest absolute Gasteiger partial charge is 0.379 e. The van der Waals surface area contributed by atoms with Gasteiger partial charge in [-0.3, -0.25) is 14.9 Å². The van der Waals surface area contributed by atoms with Gasteiger partial charge in [0.15, 0.2) is 0 Å². The molecule has 0 fully saturated rings. The summed E-state index contributed by atoms with van der Waals surface area (Å²) in [6, 6.07) is 19.2. The zero-order valence-corrected chi connectivity index (χ0v) is 18.9. The molecule has 4 N–H and O–H groups in total. The molecule has 1 amide bonds. The van der Waals surface area contributed by atoms with Crippen LogP contribution in [0.15, 0.2) is 71.6 Å². The van der Waals surface area contributed by atoms with Crippen molar-refractivity contribution in [3.63, 3.8) is 0 Å². The predicted octanol–water partition coefficient (Wildman–Crippen LogP) is 3.38. The van der Waals surface area contributed by atoms with Gasteiger partial charge in [0.25, 0.3) is 5.69 Å². The molecule has 4 rings (SSSR count). The summed E-state index contributed by atoms with van der Waals surface area (Å²) in [7, 11) is -4.07. The van der Waals surface area contributed by atoms with E-state index in [9.17, 15) is 23.3 Å². The number of nitrogens with two attached hydrogens (primary N) is 1. The van der Waals surface area contributed by atoms with E-state index < -0.39 is 20.6 Å². The van der Waals surface area contributed by atoms with E-state index in [1.165, 1.54) is 23.4 Å². The Hall–Kier alpha value is -3.96. The topological polar surface area (TPSA) is 148 Å². The van der Waals surface area contributed by atoms with E-state index in [0.29, 0.717) is 5.69 Å². The highest BCUT2D eigenvalue weighted by molar-refractivity contribution is 7.89. The standard InChI is InChI=1S/C23H23N5O5S/c24-34(32,33)19-9-10-20(22(15-19)28(30)31)25-13-11-23(29)26-17-5-7-18(8-6-17)27-14-12-16-3-1-2-4-21(16)27/h1-10,15,25H,11-14H2,(H,26,29)(H2,24,32,33). The van der Waals surface area contributed by atoms with E-state index >= 15 is 0 Å². The van der Waals surface area contributed by atoms with Crippen LogP contribution in [-0.2, 0) is 21.2 Å². The SMILES string of the molecule is NS(=O)(=O)c1ccc(NCCC(=O)Nc2ccc(N3CCc4ccccc43)cc2)c([N+](=O)[O-])c1. The van der Waals surface area contributed by atoms with E-state index in [0.717, 1.165) is 24.7 Å². The van der Waals surface area contributed by atoms with Crippen molar-refractivity contribution in [2.24, 2.45) is 5.14 Å². The van der Waals surface area contributed by atoms with E-state index in [1.54, 1.807) is 0 Å². The molecule has 0 bridgehead atoms. The fourth-order valence-corrected chi connectivity index (χ4v) is 4.39. The Kier molecular flexibility index (Phi) is 6.48. The van der Waals surface area contributed by atoms with Crippen molar-refractivity contribution in [3.05, 3.63) is 82.4 Å². The number of carbonyl (C=O) groups excluding carboxylic acids is 1. The van der Waals surface area contributed by atoms with Crippen molar-refractivity contribution in [1.29, 1.82) is 0 Å². The molecule has 176 valence electrons. The maximum absolute atomic E-state index is 12.3. The van der Waals surface area contributed by atoms with Gasteiger partial charge in [-0.25, -0.2) is 13.6 Å². The number of nitrogens with one attached hydrogen (secondary N) is 2. The molecule has 11 heteroatoms. The number of benzene rings is 3. The minimum atomic E-state index is -4.07. The van der Waals surface area contributed by atoms with Crippen LogP contribution >= 0.6 is 0 Å². The van der Waals surface area contributed by atoms with Gasteiger partial charge in [-0.1, -0.05) is 18.2 Å². The number of hydrogen-bond acceptors (Lipinski definition) is 7. The Labute approximate surface area is 196 Å². The normalized spacial score (nSPS) is 12.8. The third-order valence-corrected chi connectivity index (χ3v) is 6.42. The third-order valence-electron chi connectivity index (χ3n) is 5.51. The summed E-state index contributed by atoms with van der Waals surface area (Å²) in [6.45, 7) is 1.02. The lowest BCUT2D eigenvalue weighted by molar-refractivity contribution is -0.384. The molecule has 1 aliphatic rings. The highest BCUT2D eigenvalue weighted by Crippen LogP contribution is 2.34. The number of primary sulfonamides is 1. The molecular formula is C23H23N5O5S. The Morgan fingerprint density at radius 2 is 1.82 bits per heavy atom. The van der Waals surface area contributed by atoms with Crippen LogP contribution in [0.25, 0.3) is 0 Å². The molecule has 0 unspecified atom stereocenters. The van der Waals surface area contributed by atoms with Gasteiger partial charge in [-0.05, 0) is 54.4 Å². The highest BCUT2D eigenvalue weighted by Gasteiger charge is 2.20. The molecule has 34 heavy (non-hydrogen) atoms. The summed E-state index contributed by atoms with van der Waals surface area (Å²) >= 11 is 0. The Morgan fingerprint density at radius 1 is 1.09 bits per heavy atom. The second kappa shape index (κ2) is 9.49. The van der Waals surface area contributed by atoms with Crippen LogP contribution in [0.3, 0.4) is 0 Å². The molecule has 1 heterocycles. The van der Waals surface area contributed by atoms with Crippen molar-refractivity contribution in [2.75, 3.05) is 28.6 Å². The first-order valence-electron chi connectivity index (χ1n) is 10.5. The van der Waals surface area contributed by atoms with Gasteiger partial charge in [-0.15, -0.1) is 0 Å². The van der Waals surface area contributed by atoms with Crippen LogP contribution < -0.4 is 20.7 Å². The van der Waals surface area contributed by atoms with E-state index in [-0.39, 0.29) is 29.5 Å². The fourth-order valence-electron chi connectivity index (χ4n) is 3.85. The van der Waals surface area contributed by atoms with Gasteiger partial charge in [-0.2, -0.15) is 0 Å². The molecule has 0 radical (unpaired) electrons. The van der Waals surface area contributed by atoms with Crippen molar-refractivity contribution in [1.82, 2.24) is 0 Å². The minimum Gasteiger partial charge on any atom is -0.379 e. The second-order valence-electron chi connectivity index (χ2n) is 7.78. The van der Waals surface area contributed by atoms with Crippen molar-refractivity contribution in [2.45, 2.75) is 17.7 Å². The molecule has 3 aromatic carbocycles. The molecular weight excluding hydrogens is 458 g/mol. The maximum Gasteiger partial charge on any atom is 0.293 e. The van der Waals surface area contributed by atoms with Gasteiger partial charge in [0, 0.05) is 42.6 Å². The quantitative estimate of drug-likeness (QED) is 0.330. The fraction of sp³-hybridized carbons (Fsp3) is 0.174. The zero-order valence-electron chi connectivity index (χ0n) is 18.1. The summed E-state index contributed by atoms with van der Waals surface area (Å²) in [4.78, 5) is 24.8. The van der Waals surface area contributed by atoms with E-state index in [2.05, 4.69) is 27.7 Å². The number of carbonyl (C=O) groups is 1. The summed E-state index contributed by atoms with van der Waals surface area (Å²) in [5.74, 6) is -0.268. The smallest absolute Gasteiger partial charge is 0.293 e. The van der Waals surface area contributed by atoms with Gasteiger partial charge < -0.3 is 15.5 Å². The number of rotatable bonds is 8. The number of para-hydroxylation sites is 1. The lowest BCUT2D eigenvalue weighted by Crippen LogP contribution is -2.17. The molecule has 0 aliphatic carbocycles. The van der Waals surface area contributed by atoms with Gasteiger partial charge in [0.1, 0.15) is 5.69 Å². The van der Waals surface area contributed by atoms with Crippen LogP contribution in [0.2, 0.25) is 0 Å². The minimum absolute atomic E-state index is 0.0509. The molecule has 0 aromatic heterocycles. The number of hydrogen-bond donors (Lipinski definition) is 3. The molecule has 0 spiro atoms. The molecule has 1 aliphatic heterocycles. The number of nitro benzene ring substituents is 1. The highest BCUT2D eigenvalue weighted by atomic mass is 32.2. The Morgan fingerprint density at radius 3 is 2.53 bits per heavy atom. The average molecular weight is 482 g/mol. The average Bonchev–Trinajstić information content (AvgIpc) is 3.23. The van der Waals surface area contributed by atoms with Crippen LogP contribution in [0.5, 0.6) is 0 Å². The summed E-state index contributed by atoms with van der Waals surface area (Å²) < 4.78 is 22.9. The summed E-state index contributed by atoms with van der Waals surface area (Å²) in [5, 5.41) is 21.9. The Balaban J connectivity index is 1.33. The molecule has 10 nitrogen and oxygen atoms in total. The van der Waals surface area contributed by atoms with Crippen molar-refractivity contribution >= 4 is 44.4 Å². The number of amides is 1. The predicted molar refractivity (Wildman–Crippen MR) is 130 cm³/mol. The number of fused-ring (bicyclic) bond motifs is 1. The lowest BCUT2D eigenvalue weighted by Gasteiger charge is -2.20. The van der Waals surface area contributed by atoms with E-state index in [1.807, 2.05) is 36.4 Å². The van der Waals surface area contributed by atoms with Gasteiger partial charge in [0.05, 0.1) is 9.82 Å². The van der Waals surface area contributed by atoms with Gasteiger partial charge >= 0.3 is 0 Å². The zero-order chi connectivity index (χ0) is 24.3. The van der Waals surface area contributed by atoms with Crippen LogP contribution in [0.4, 0.5) is 28.4 Å². The first kappa shape index (κ1) is 23.2. The lowest BCUT2D eigenvalue weighted by atomic mass is 10.2. The first-order valence-corrected chi connectivity index (χ1v) is 12.1. The summed E-state index contributed by atoms with van der Waals surface area (Å²) in [5.41, 5.74) is 3.85. The monoisotopic (exact) mass is 481 g/mol. The number of nitrogens with zero attached hydrogens (tertiary/aromatic N) is 2. The molecule has 0 atom stereocenters. The first-order chi connectivity index (χ1) is 16.2. The third kappa shape index (κ3) is 5.16. The van der Waals surface area contributed by atoms with Crippen LogP contribution in [0.1, 0.15) is 12.0 Å². The van der Waals surface area contributed by atoms with Crippen molar-refractivity contribution < 1.29 is 18.1 Å². The Bertz CT molecular complexity index is 1340. The second-order valence-corrected chi connectivity index (χ2v) is 9.34. The molecule has 0 saturated heterocycles. The number of sulfonamides is 1.